The molecule has 0 saturated heterocycles. The SMILES string of the molecule is C[C@H](NC(=O)c1c2n(c(=O)n1-c1ccc(OCC(F)(F)F)cc1)CCN(C(=O)c1ccc(Br)c(Cl)c1)C2)c1ccc(OCC#N)cc1F. The summed E-state index contributed by atoms with van der Waals surface area (Å²) in [5.74, 6) is -1.89. The van der Waals surface area contributed by atoms with Gasteiger partial charge < -0.3 is 19.7 Å². The van der Waals surface area contributed by atoms with Gasteiger partial charge >= 0.3 is 11.9 Å². The van der Waals surface area contributed by atoms with Crippen molar-refractivity contribution in [3.8, 4) is 23.3 Å². The zero-order chi connectivity index (χ0) is 34.7. The molecule has 5 rings (SSSR count). The van der Waals surface area contributed by atoms with Crippen LogP contribution in [0.3, 0.4) is 0 Å². The number of nitrogens with zero attached hydrogens (tertiary/aromatic N) is 4. The molecule has 0 unspecified atom stereocenters. The van der Waals surface area contributed by atoms with Gasteiger partial charge in [0.15, 0.2) is 13.2 Å². The molecule has 1 aromatic heterocycles. The van der Waals surface area contributed by atoms with Gasteiger partial charge in [-0.15, -0.1) is 0 Å². The molecule has 2 amide bonds. The minimum atomic E-state index is -4.56. The molecule has 3 aromatic carbocycles. The van der Waals surface area contributed by atoms with Gasteiger partial charge in [0.25, 0.3) is 11.8 Å². The number of imidazole rings is 1. The fourth-order valence-corrected chi connectivity index (χ4v) is 5.61. The average molecular weight is 751 g/mol. The minimum Gasteiger partial charge on any atom is -0.484 e. The lowest BCUT2D eigenvalue weighted by molar-refractivity contribution is -0.153. The monoisotopic (exact) mass is 749 g/mol. The van der Waals surface area contributed by atoms with Crippen molar-refractivity contribution in [3.05, 3.63) is 109 Å². The van der Waals surface area contributed by atoms with Gasteiger partial charge in [-0.1, -0.05) is 17.7 Å². The highest BCUT2D eigenvalue weighted by atomic mass is 79.9. The summed E-state index contributed by atoms with van der Waals surface area (Å²) in [6.45, 7) is -0.288. The zero-order valence-electron chi connectivity index (χ0n) is 25.0. The first-order chi connectivity index (χ1) is 22.8. The topological polar surface area (TPSA) is 119 Å². The van der Waals surface area contributed by atoms with Gasteiger partial charge in [-0.3, -0.25) is 18.7 Å². The minimum absolute atomic E-state index is 0.0264. The third kappa shape index (κ3) is 7.50. The highest BCUT2D eigenvalue weighted by Crippen LogP contribution is 2.28. The number of amides is 2. The lowest BCUT2D eigenvalue weighted by atomic mass is 10.1. The molecule has 1 atom stereocenters. The summed E-state index contributed by atoms with van der Waals surface area (Å²) in [4.78, 5) is 42.7. The van der Waals surface area contributed by atoms with Crippen LogP contribution in [0.15, 0.2) is 69.9 Å². The Morgan fingerprint density at radius 2 is 1.77 bits per heavy atom. The van der Waals surface area contributed by atoms with Crippen molar-refractivity contribution >= 4 is 39.3 Å². The number of nitriles is 1. The molecular formula is C32H25BrClF4N5O5. The van der Waals surface area contributed by atoms with Crippen LogP contribution in [0.5, 0.6) is 11.5 Å². The molecule has 250 valence electrons. The molecule has 0 aliphatic carbocycles. The summed E-state index contributed by atoms with van der Waals surface area (Å²) in [5, 5.41) is 11.7. The van der Waals surface area contributed by atoms with E-state index in [0.29, 0.717) is 9.50 Å². The molecule has 16 heteroatoms. The summed E-state index contributed by atoms with van der Waals surface area (Å²) >= 11 is 9.49. The Labute approximate surface area is 284 Å². The summed E-state index contributed by atoms with van der Waals surface area (Å²) in [6, 6.07) is 14.6. The zero-order valence-corrected chi connectivity index (χ0v) is 27.3. The smallest absolute Gasteiger partial charge is 0.422 e. The Morgan fingerprint density at radius 1 is 1.06 bits per heavy atom. The summed E-state index contributed by atoms with van der Waals surface area (Å²) < 4.78 is 66.0. The number of carbonyl (C=O) groups is 2. The van der Waals surface area contributed by atoms with E-state index in [-0.39, 0.29) is 65.9 Å². The van der Waals surface area contributed by atoms with E-state index in [2.05, 4.69) is 21.2 Å². The standard InChI is InChI=1S/C32H25BrClF4N5O5/c1-18(23-8-7-22(15-26(23)35)47-13-10-39)40-29(44)28-27-16-41(30(45)19-2-9-24(33)25(34)14-19)11-12-42(27)31(46)43(28)20-3-5-21(6-4-20)48-17-32(36,37)38/h2-9,14-15,18H,11-13,16-17H2,1H3,(H,40,44)/t18-/m0/s1. The van der Waals surface area contributed by atoms with E-state index in [9.17, 15) is 27.6 Å². The number of fused-ring (bicyclic) bond motifs is 1. The molecule has 1 aliphatic rings. The Morgan fingerprint density at radius 3 is 2.42 bits per heavy atom. The first-order valence-electron chi connectivity index (χ1n) is 14.3. The molecule has 10 nitrogen and oxygen atoms in total. The van der Waals surface area contributed by atoms with E-state index in [4.69, 9.17) is 26.3 Å². The van der Waals surface area contributed by atoms with Gasteiger partial charge in [0.2, 0.25) is 0 Å². The third-order valence-corrected chi connectivity index (χ3v) is 8.67. The number of nitrogens with one attached hydrogen (secondary N) is 1. The molecule has 0 fully saturated rings. The average Bonchev–Trinajstić information content (AvgIpc) is 3.35. The second-order valence-electron chi connectivity index (χ2n) is 10.6. The van der Waals surface area contributed by atoms with Crippen molar-refractivity contribution < 1.29 is 36.6 Å². The Kier molecular flexibility index (Phi) is 10.2. The second-order valence-corrected chi connectivity index (χ2v) is 11.9. The number of ether oxygens (including phenoxy) is 2. The quantitative estimate of drug-likeness (QED) is 0.204. The Hall–Kier alpha value is -4.81. The number of alkyl halides is 3. The predicted molar refractivity (Wildman–Crippen MR) is 169 cm³/mol. The van der Waals surface area contributed by atoms with Crippen LogP contribution in [0.1, 0.15) is 45.1 Å². The number of hydrogen-bond acceptors (Lipinski definition) is 6. The maximum atomic E-state index is 15.0. The molecule has 0 bridgehead atoms. The predicted octanol–water partition coefficient (Wildman–Crippen LogP) is 6.18. The lowest BCUT2D eigenvalue weighted by Crippen LogP contribution is -2.41. The van der Waals surface area contributed by atoms with Crippen molar-refractivity contribution in [1.82, 2.24) is 19.4 Å². The van der Waals surface area contributed by atoms with Crippen molar-refractivity contribution in [2.24, 2.45) is 0 Å². The molecule has 1 aliphatic heterocycles. The fraction of sp³-hybridized carbons (Fsp3) is 0.250. The summed E-state index contributed by atoms with van der Waals surface area (Å²) in [5.41, 5.74) is -0.0884. The van der Waals surface area contributed by atoms with Crippen molar-refractivity contribution in [1.29, 1.82) is 5.26 Å². The molecule has 0 saturated carbocycles. The molecule has 2 heterocycles. The number of benzene rings is 3. The molecule has 0 spiro atoms. The van der Waals surface area contributed by atoms with Crippen LogP contribution in [-0.4, -0.2) is 51.8 Å². The fourth-order valence-electron chi connectivity index (χ4n) is 5.18. The highest BCUT2D eigenvalue weighted by molar-refractivity contribution is 9.10. The number of carbonyl (C=O) groups excluding carboxylic acids is 2. The lowest BCUT2D eigenvalue weighted by Gasteiger charge is -2.28. The van der Waals surface area contributed by atoms with E-state index in [1.54, 1.807) is 18.2 Å². The third-order valence-electron chi connectivity index (χ3n) is 7.43. The molecule has 48 heavy (non-hydrogen) atoms. The van der Waals surface area contributed by atoms with Crippen LogP contribution in [0.2, 0.25) is 5.02 Å². The molecule has 4 aromatic rings. The normalized spacial score (nSPS) is 13.3. The van der Waals surface area contributed by atoms with Crippen LogP contribution >= 0.6 is 27.5 Å². The van der Waals surface area contributed by atoms with Gasteiger partial charge in [-0.05, 0) is 71.4 Å². The first-order valence-corrected chi connectivity index (χ1v) is 15.4. The second kappa shape index (κ2) is 14.1. The van der Waals surface area contributed by atoms with E-state index in [1.807, 2.05) is 0 Å². The van der Waals surface area contributed by atoms with Gasteiger partial charge in [-0.25, -0.2) is 9.18 Å². The van der Waals surface area contributed by atoms with Crippen molar-refractivity contribution in [2.75, 3.05) is 19.8 Å². The van der Waals surface area contributed by atoms with Crippen LogP contribution in [0.25, 0.3) is 5.69 Å². The van der Waals surface area contributed by atoms with Crippen molar-refractivity contribution in [2.45, 2.75) is 32.2 Å². The molecule has 0 radical (unpaired) electrons. The van der Waals surface area contributed by atoms with Gasteiger partial charge in [0.05, 0.1) is 29.0 Å². The van der Waals surface area contributed by atoms with Crippen LogP contribution in [0.4, 0.5) is 17.6 Å². The van der Waals surface area contributed by atoms with Crippen LogP contribution in [-0.2, 0) is 13.1 Å². The number of hydrogen-bond donors (Lipinski definition) is 1. The summed E-state index contributed by atoms with van der Waals surface area (Å²) in [7, 11) is 0. The number of aromatic nitrogens is 2. The van der Waals surface area contributed by atoms with E-state index >= 15 is 4.39 Å². The summed E-state index contributed by atoms with van der Waals surface area (Å²) in [6.07, 6.45) is -4.56. The van der Waals surface area contributed by atoms with Gasteiger partial charge in [0.1, 0.15) is 29.1 Å². The van der Waals surface area contributed by atoms with Crippen molar-refractivity contribution in [3.63, 3.8) is 0 Å². The van der Waals surface area contributed by atoms with Crippen LogP contribution in [0, 0.1) is 17.1 Å². The first kappa shape index (κ1) is 34.5. The van der Waals surface area contributed by atoms with E-state index in [1.165, 1.54) is 58.9 Å². The number of halogens is 6. The highest BCUT2D eigenvalue weighted by Gasteiger charge is 2.33. The largest absolute Gasteiger partial charge is 0.484 e. The maximum Gasteiger partial charge on any atom is 0.422 e. The Bertz CT molecular complexity index is 1970. The molecule has 1 N–H and O–H groups in total. The Balaban J connectivity index is 1.51. The van der Waals surface area contributed by atoms with Crippen LogP contribution < -0.4 is 20.5 Å². The van der Waals surface area contributed by atoms with E-state index < -0.39 is 42.1 Å². The van der Waals surface area contributed by atoms with E-state index in [0.717, 1.165) is 10.6 Å². The molecular weight excluding hydrogens is 726 g/mol. The van der Waals surface area contributed by atoms with Gasteiger partial charge in [-0.2, -0.15) is 18.4 Å². The maximum absolute atomic E-state index is 15.0. The number of rotatable bonds is 9. The van der Waals surface area contributed by atoms with Gasteiger partial charge in [0, 0.05) is 34.8 Å².